The molecule has 4 rings (SSSR count). The summed E-state index contributed by atoms with van der Waals surface area (Å²) in [6.45, 7) is 8.25. The molecule has 0 unspecified atom stereocenters. The number of nitrogens with zero attached hydrogens (tertiary/aromatic N) is 4. The third-order valence-corrected chi connectivity index (χ3v) is 9.37. The molecule has 2 heterocycles. The molecule has 3 aromatic rings. The third-order valence-electron chi connectivity index (χ3n) is 6.40. The number of sulfonamides is 1. The van der Waals surface area contributed by atoms with Gasteiger partial charge in [0.05, 0.1) is 22.2 Å². The van der Waals surface area contributed by atoms with E-state index in [2.05, 4.69) is 18.7 Å². The lowest BCUT2D eigenvalue weighted by molar-refractivity contribution is 0.0983. The maximum atomic E-state index is 13.6. The minimum absolute atomic E-state index is 0.201. The van der Waals surface area contributed by atoms with E-state index in [0.717, 1.165) is 36.1 Å². The van der Waals surface area contributed by atoms with Gasteiger partial charge in [0.2, 0.25) is 10.0 Å². The number of benzene rings is 2. The van der Waals surface area contributed by atoms with Crippen LogP contribution in [0.5, 0.6) is 5.75 Å². The lowest BCUT2D eigenvalue weighted by Gasteiger charge is -2.25. The van der Waals surface area contributed by atoms with Gasteiger partial charge < -0.3 is 9.64 Å². The molecule has 8 nitrogen and oxygen atoms in total. The summed E-state index contributed by atoms with van der Waals surface area (Å²) in [5.41, 5.74) is 1.21. The number of ether oxygens (including phenoxy) is 1. The van der Waals surface area contributed by atoms with Crippen molar-refractivity contribution in [1.29, 1.82) is 0 Å². The van der Waals surface area contributed by atoms with Crippen molar-refractivity contribution in [3.8, 4) is 5.75 Å². The highest BCUT2D eigenvalue weighted by Crippen LogP contribution is 2.32. The van der Waals surface area contributed by atoms with Crippen LogP contribution >= 0.6 is 11.3 Å². The molecule has 0 saturated carbocycles. The van der Waals surface area contributed by atoms with Gasteiger partial charge in [-0.15, -0.1) is 0 Å². The van der Waals surface area contributed by atoms with E-state index in [-0.39, 0.29) is 10.8 Å². The van der Waals surface area contributed by atoms with Crippen LogP contribution in [0.2, 0.25) is 0 Å². The number of amides is 1. The molecular formula is C25H32N4O4S2. The molecule has 0 aliphatic carbocycles. The molecule has 1 aliphatic heterocycles. The Balaban J connectivity index is 1.63. The molecule has 0 atom stereocenters. The first-order valence-corrected chi connectivity index (χ1v) is 14.2. The van der Waals surface area contributed by atoms with Crippen molar-refractivity contribution in [1.82, 2.24) is 14.2 Å². The van der Waals surface area contributed by atoms with Crippen LogP contribution in [0, 0.1) is 0 Å². The van der Waals surface area contributed by atoms with Gasteiger partial charge in [-0.05, 0) is 62.3 Å². The summed E-state index contributed by atoms with van der Waals surface area (Å²) in [5.74, 6) is 0.512. The van der Waals surface area contributed by atoms with Crippen molar-refractivity contribution >= 4 is 42.6 Å². The van der Waals surface area contributed by atoms with Crippen molar-refractivity contribution in [3.05, 3.63) is 48.0 Å². The van der Waals surface area contributed by atoms with Crippen molar-refractivity contribution < 1.29 is 17.9 Å². The van der Waals surface area contributed by atoms with Crippen LogP contribution in [0.3, 0.4) is 0 Å². The van der Waals surface area contributed by atoms with E-state index in [9.17, 15) is 13.2 Å². The Hall–Kier alpha value is -2.53. The number of likely N-dealkylation sites (N-methyl/N-ethyl adjacent to an activating group) is 1. The zero-order valence-corrected chi connectivity index (χ0v) is 22.1. The van der Waals surface area contributed by atoms with E-state index >= 15 is 0 Å². The fourth-order valence-corrected chi connectivity index (χ4v) is 6.69. The highest BCUT2D eigenvalue weighted by atomic mass is 32.2. The van der Waals surface area contributed by atoms with Crippen LogP contribution in [0.4, 0.5) is 5.13 Å². The molecule has 10 heteroatoms. The Morgan fingerprint density at radius 3 is 2.37 bits per heavy atom. The number of hydrogen-bond donors (Lipinski definition) is 0. The lowest BCUT2D eigenvalue weighted by Crippen LogP contribution is -2.38. The van der Waals surface area contributed by atoms with Gasteiger partial charge >= 0.3 is 0 Å². The number of anilines is 1. The summed E-state index contributed by atoms with van der Waals surface area (Å²) in [4.78, 5) is 22.5. The van der Waals surface area contributed by atoms with Crippen molar-refractivity contribution in [2.24, 2.45) is 0 Å². The third kappa shape index (κ3) is 5.50. The number of aromatic nitrogens is 1. The summed E-state index contributed by atoms with van der Waals surface area (Å²) in [5, 5.41) is 0.610. The highest BCUT2D eigenvalue weighted by molar-refractivity contribution is 7.89. The molecule has 1 amide bonds. The average molecular weight is 517 g/mol. The minimum atomic E-state index is -3.53. The van der Waals surface area contributed by atoms with Gasteiger partial charge in [-0.3, -0.25) is 9.69 Å². The van der Waals surface area contributed by atoms with Crippen molar-refractivity contribution in [2.75, 3.05) is 51.3 Å². The molecule has 188 valence electrons. The molecule has 0 N–H and O–H groups in total. The normalized spacial score (nSPS) is 14.6. The first-order chi connectivity index (χ1) is 16.9. The Kier molecular flexibility index (Phi) is 8.05. The maximum absolute atomic E-state index is 13.6. The Morgan fingerprint density at radius 2 is 1.74 bits per heavy atom. The van der Waals surface area contributed by atoms with Gasteiger partial charge in [-0.25, -0.2) is 13.4 Å². The Bertz CT molecular complexity index is 1260. The summed E-state index contributed by atoms with van der Waals surface area (Å²) in [6.07, 6.45) is 1.76. The summed E-state index contributed by atoms with van der Waals surface area (Å²) >= 11 is 1.46. The van der Waals surface area contributed by atoms with Crippen molar-refractivity contribution in [2.45, 2.75) is 31.6 Å². The smallest absolute Gasteiger partial charge is 0.260 e. The molecule has 35 heavy (non-hydrogen) atoms. The highest BCUT2D eigenvalue weighted by Gasteiger charge is 2.28. The van der Waals surface area contributed by atoms with E-state index in [1.54, 1.807) is 24.1 Å². The van der Waals surface area contributed by atoms with Gasteiger partial charge in [0.1, 0.15) is 5.75 Å². The summed E-state index contributed by atoms with van der Waals surface area (Å²) < 4.78 is 33.5. The number of rotatable bonds is 10. The fourth-order valence-electron chi connectivity index (χ4n) is 4.21. The van der Waals surface area contributed by atoms with Crippen LogP contribution in [0.25, 0.3) is 10.2 Å². The molecule has 1 aromatic heterocycles. The van der Waals surface area contributed by atoms with E-state index < -0.39 is 10.0 Å². The van der Waals surface area contributed by atoms with E-state index in [0.29, 0.717) is 42.6 Å². The zero-order valence-electron chi connectivity index (χ0n) is 20.4. The van der Waals surface area contributed by atoms with E-state index in [1.165, 1.54) is 27.8 Å². The molecule has 1 fully saturated rings. The second kappa shape index (κ2) is 11.0. The van der Waals surface area contributed by atoms with Crippen molar-refractivity contribution in [3.63, 3.8) is 0 Å². The summed E-state index contributed by atoms with van der Waals surface area (Å²) in [6, 6.07) is 12.0. The molecule has 0 bridgehead atoms. The number of thiazole rings is 1. The molecule has 1 saturated heterocycles. The van der Waals surface area contributed by atoms with E-state index in [1.807, 2.05) is 18.2 Å². The molecule has 2 aromatic carbocycles. The molecule has 0 spiro atoms. The quantitative estimate of drug-likeness (QED) is 0.404. The fraction of sp³-hybridized carbons (Fsp3) is 0.440. The first kappa shape index (κ1) is 25.6. The number of carbonyl (C=O) groups is 1. The largest absolute Gasteiger partial charge is 0.497 e. The van der Waals surface area contributed by atoms with Crippen LogP contribution in [-0.2, 0) is 10.0 Å². The maximum Gasteiger partial charge on any atom is 0.260 e. The van der Waals surface area contributed by atoms with Gasteiger partial charge in [-0.2, -0.15) is 4.31 Å². The number of carbonyl (C=O) groups excluding carboxylic acids is 1. The number of methoxy groups -OCH3 is 1. The monoisotopic (exact) mass is 516 g/mol. The SMILES string of the molecule is CCN(CC)CCN(C(=O)c1ccc(S(=O)(=O)N2CCCC2)cc1)c1nc2cc(OC)ccc2s1. The average Bonchev–Trinajstić information content (AvgIpc) is 3.57. The van der Waals surface area contributed by atoms with E-state index in [4.69, 9.17) is 9.72 Å². The van der Waals surface area contributed by atoms with Crippen LogP contribution < -0.4 is 9.64 Å². The van der Waals surface area contributed by atoms with Gasteiger partial charge in [0.15, 0.2) is 5.13 Å². The topological polar surface area (TPSA) is 83.1 Å². The van der Waals surface area contributed by atoms with Crippen LogP contribution in [-0.4, -0.2) is 74.9 Å². The minimum Gasteiger partial charge on any atom is -0.497 e. The molecule has 0 radical (unpaired) electrons. The standard InChI is InChI=1S/C25H32N4O4S2/c1-4-27(5-2)16-17-29(25-26-22-18-20(33-3)10-13-23(22)34-25)24(30)19-8-11-21(12-9-19)35(31,32)28-14-6-7-15-28/h8-13,18H,4-7,14-17H2,1-3H3. The molecule has 1 aliphatic rings. The Labute approximate surface area is 211 Å². The zero-order chi connectivity index (χ0) is 25.0. The first-order valence-electron chi connectivity index (χ1n) is 12.0. The number of hydrogen-bond acceptors (Lipinski definition) is 7. The predicted octanol–water partition coefficient (Wildman–Crippen LogP) is 4.08. The number of fused-ring (bicyclic) bond motifs is 1. The lowest BCUT2D eigenvalue weighted by atomic mass is 10.2. The summed E-state index contributed by atoms with van der Waals surface area (Å²) in [7, 11) is -1.91. The van der Waals surface area contributed by atoms with Gasteiger partial charge in [0.25, 0.3) is 5.91 Å². The van der Waals surface area contributed by atoms with Gasteiger partial charge in [0, 0.05) is 37.8 Å². The molecular weight excluding hydrogens is 484 g/mol. The van der Waals surface area contributed by atoms with Crippen LogP contribution in [0.15, 0.2) is 47.4 Å². The van der Waals surface area contributed by atoms with Gasteiger partial charge in [-0.1, -0.05) is 25.2 Å². The second-order valence-electron chi connectivity index (χ2n) is 8.45. The second-order valence-corrected chi connectivity index (χ2v) is 11.4. The Morgan fingerprint density at radius 1 is 1.06 bits per heavy atom. The predicted molar refractivity (Wildman–Crippen MR) is 140 cm³/mol. The van der Waals surface area contributed by atoms with Crippen LogP contribution in [0.1, 0.15) is 37.0 Å².